The van der Waals surface area contributed by atoms with Crippen LogP contribution >= 0.6 is 11.3 Å². The minimum absolute atomic E-state index is 0.297. The van der Waals surface area contributed by atoms with Crippen LogP contribution in [0.4, 0.5) is 0 Å². The number of thiophene rings is 1. The molecule has 1 rings (SSSR count). The molecule has 0 aromatic carbocycles. The van der Waals surface area contributed by atoms with Gasteiger partial charge in [0.05, 0.1) is 0 Å². The highest BCUT2D eigenvalue weighted by Crippen LogP contribution is 2.12. The van der Waals surface area contributed by atoms with E-state index in [1.54, 1.807) is 11.3 Å². The van der Waals surface area contributed by atoms with Crippen LogP contribution in [0.1, 0.15) is 18.2 Å². The fourth-order valence-corrected chi connectivity index (χ4v) is 2.27. The molecular weight excluding hydrogens is 194 g/mol. The fraction of sp³-hybridized carbons (Fsp3) is 0.636. The molecule has 0 fully saturated rings. The molecule has 0 aliphatic heterocycles. The van der Waals surface area contributed by atoms with E-state index in [9.17, 15) is 0 Å². The molecule has 1 atom stereocenters. The lowest BCUT2D eigenvalue weighted by Crippen LogP contribution is -2.26. The summed E-state index contributed by atoms with van der Waals surface area (Å²) >= 11 is 1.79. The number of nitrogens with zero attached hydrogens (tertiary/aromatic N) is 1. The van der Waals surface area contributed by atoms with Crippen molar-refractivity contribution < 1.29 is 5.11 Å². The molecule has 3 heteroatoms. The molecule has 0 spiro atoms. The summed E-state index contributed by atoms with van der Waals surface area (Å²) < 4.78 is 0. The lowest BCUT2D eigenvalue weighted by Gasteiger charge is -2.20. The van der Waals surface area contributed by atoms with E-state index in [0.29, 0.717) is 12.5 Å². The minimum Gasteiger partial charge on any atom is -0.396 e. The normalized spacial score (nSPS) is 13.4. The quantitative estimate of drug-likeness (QED) is 0.783. The van der Waals surface area contributed by atoms with Crippen LogP contribution < -0.4 is 0 Å². The van der Waals surface area contributed by atoms with Crippen LogP contribution in [0.5, 0.6) is 0 Å². The summed E-state index contributed by atoms with van der Waals surface area (Å²) in [6.45, 7) is 4.39. The molecule has 0 aliphatic carbocycles. The predicted octanol–water partition coefficient (Wildman–Crippen LogP) is 2.20. The maximum Gasteiger partial charge on any atom is 0.0471 e. The molecule has 1 aromatic rings. The highest BCUT2D eigenvalue weighted by molar-refractivity contribution is 7.09. The van der Waals surface area contributed by atoms with Gasteiger partial charge >= 0.3 is 0 Å². The summed E-state index contributed by atoms with van der Waals surface area (Å²) in [6.07, 6.45) is 1.05. The summed E-state index contributed by atoms with van der Waals surface area (Å²) in [5.74, 6) is 0.417. The second-order valence-electron chi connectivity index (χ2n) is 3.73. The molecule has 0 amide bonds. The Labute approximate surface area is 90.2 Å². The van der Waals surface area contributed by atoms with Gasteiger partial charge in [0.1, 0.15) is 0 Å². The third-order valence-electron chi connectivity index (χ3n) is 2.41. The van der Waals surface area contributed by atoms with Gasteiger partial charge in [-0.05, 0) is 30.8 Å². The van der Waals surface area contributed by atoms with Crippen LogP contribution in [0.15, 0.2) is 17.5 Å². The van der Waals surface area contributed by atoms with E-state index in [1.807, 2.05) is 0 Å². The van der Waals surface area contributed by atoms with Crippen molar-refractivity contribution in [3.8, 4) is 0 Å². The van der Waals surface area contributed by atoms with Gasteiger partial charge < -0.3 is 10.0 Å². The Morgan fingerprint density at radius 2 is 2.36 bits per heavy atom. The molecular formula is C11H19NOS. The Morgan fingerprint density at radius 3 is 2.86 bits per heavy atom. The summed E-state index contributed by atoms with van der Waals surface area (Å²) in [7, 11) is 2.11. The van der Waals surface area contributed by atoms with Crippen molar-refractivity contribution in [1.29, 1.82) is 0 Å². The highest BCUT2D eigenvalue weighted by Gasteiger charge is 2.08. The first kappa shape index (κ1) is 11.7. The topological polar surface area (TPSA) is 23.5 Å². The van der Waals surface area contributed by atoms with E-state index in [1.165, 1.54) is 4.88 Å². The van der Waals surface area contributed by atoms with Gasteiger partial charge in [0.15, 0.2) is 0 Å². The number of hydrogen-bond acceptors (Lipinski definition) is 3. The number of rotatable bonds is 6. The molecule has 0 saturated heterocycles. The van der Waals surface area contributed by atoms with E-state index >= 15 is 0 Å². The van der Waals surface area contributed by atoms with Gasteiger partial charge in [-0.15, -0.1) is 11.3 Å². The summed E-state index contributed by atoms with van der Waals surface area (Å²) in [5, 5.41) is 11.2. The summed E-state index contributed by atoms with van der Waals surface area (Å²) in [6, 6.07) is 4.23. The van der Waals surface area contributed by atoms with Gasteiger partial charge in [-0.3, -0.25) is 0 Å². The van der Waals surface area contributed by atoms with Crippen LogP contribution in [-0.4, -0.2) is 30.2 Å². The lowest BCUT2D eigenvalue weighted by molar-refractivity contribution is 0.174. The number of aliphatic hydroxyl groups excluding tert-OH is 1. The van der Waals surface area contributed by atoms with E-state index in [-0.39, 0.29) is 0 Å². The smallest absolute Gasteiger partial charge is 0.0471 e. The van der Waals surface area contributed by atoms with Crippen molar-refractivity contribution in [2.75, 3.05) is 20.2 Å². The number of hydrogen-bond donors (Lipinski definition) is 1. The Bertz CT molecular complexity index is 231. The molecule has 1 heterocycles. The van der Waals surface area contributed by atoms with Gasteiger partial charge in [0.25, 0.3) is 0 Å². The van der Waals surface area contributed by atoms with E-state index in [4.69, 9.17) is 5.11 Å². The first-order valence-corrected chi connectivity index (χ1v) is 5.96. The monoisotopic (exact) mass is 213 g/mol. The van der Waals surface area contributed by atoms with Crippen molar-refractivity contribution in [2.45, 2.75) is 19.9 Å². The Hall–Kier alpha value is -0.380. The maximum absolute atomic E-state index is 9.08. The molecule has 2 nitrogen and oxygen atoms in total. The molecule has 14 heavy (non-hydrogen) atoms. The maximum atomic E-state index is 9.08. The van der Waals surface area contributed by atoms with Crippen molar-refractivity contribution in [3.63, 3.8) is 0 Å². The van der Waals surface area contributed by atoms with Crippen molar-refractivity contribution in [2.24, 2.45) is 5.92 Å². The minimum atomic E-state index is 0.297. The molecule has 0 saturated carbocycles. The zero-order valence-electron chi connectivity index (χ0n) is 8.94. The van der Waals surface area contributed by atoms with E-state index in [2.05, 4.69) is 36.4 Å². The lowest BCUT2D eigenvalue weighted by atomic mass is 10.1. The van der Waals surface area contributed by atoms with Crippen LogP contribution in [0.25, 0.3) is 0 Å². The molecule has 0 aliphatic rings. The van der Waals surface area contributed by atoms with Crippen LogP contribution in [-0.2, 0) is 6.54 Å². The van der Waals surface area contributed by atoms with Crippen LogP contribution in [0.2, 0.25) is 0 Å². The Morgan fingerprint density at radius 1 is 1.57 bits per heavy atom. The van der Waals surface area contributed by atoms with Crippen molar-refractivity contribution >= 4 is 11.3 Å². The standard InChI is InChI=1S/C11H19NOS/c1-3-10(9-13)7-12(2)8-11-5-4-6-14-11/h4-6,10,13H,3,7-9H2,1-2H3. The van der Waals surface area contributed by atoms with Crippen molar-refractivity contribution in [3.05, 3.63) is 22.4 Å². The molecule has 1 unspecified atom stereocenters. The highest BCUT2D eigenvalue weighted by atomic mass is 32.1. The second-order valence-corrected chi connectivity index (χ2v) is 4.77. The van der Waals surface area contributed by atoms with E-state index in [0.717, 1.165) is 19.5 Å². The van der Waals surface area contributed by atoms with Gasteiger partial charge in [0, 0.05) is 24.6 Å². The fourth-order valence-electron chi connectivity index (χ4n) is 1.49. The van der Waals surface area contributed by atoms with Crippen LogP contribution in [0, 0.1) is 5.92 Å². The Kier molecular flexibility index (Phi) is 5.15. The van der Waals surface area contributed by atoms with Crippen LogP contribution in [0.3, 0.4) is 0 Å². The first-order chi connectivity index (χ1) is 6.76. The van der Waals surface area contributed by atoms with Crippen molar-refractivity contribution in [1.82, 2.24) is 4.90 Å². The average Bonchev–Trinajstić information content (AvgIpc) is 2.66. The molecule has 1 N–H and O–H groups in total. The molecule has 0 radical (unpaired) electrons. The first-order valence-electron chi connectivity index (χ1n) is 5.08. The van der Waals surface area contributed by atoms with Gasteiger partial charge in [-0.1, -0.05) is 13.0 Å². The zero-order chi connectivity index (χ0) is 10.4. The SMILES string of the molecule is CCC(CO)CN(C)Cc1cccs1. The molecule has 0 bridgehead atoms. The average molecular weight is 213 g/mol. The third-order valence-corrected chi connectivity index (χ3v) is 3.27. The third kappa shape index (κ3) is 3.78. The summed E-state index contributed by atoms with van der Waals surface area (Å²) in [4.78, 5) is 3.66. The van der Waals surface area contributed by atoms with Gasteiger partial charge in [-0.2, -0.15) is 0 Å². The predicted molar refractivity (Wildman–Crippen MR) is 61.5 cm³/mol. The number of aliphatic hydroxyl groups is 1. The second kappa shape index (κ2) is 6.17. The Balaban J connectivity index is 2.31. The largest absolute Gasteiger partial charge is 0.396 e. The molecule has 80 valence electrons. The van der Waals surface area contributed by atoms with Gasteiger partial charge in [0.2, 0.25) is 0 Å². The zero-order valence-corrected chi connectivity index (χ0v) is 9.76. The van der Waals surface area contributed by atoms with E-state index < -0.39 is 0 Å². The molecule has 1 aromatic heterocycles. The van der Waals surface area contributed by atoms with Gasteiger partial charge in [-0.25, -0.2) is 0 Å². The summed E-state index contributed by atoms with van der Waals surface area (Å²) in [5.41, 5.74) is 0.